The van der Waals surface area contributed by atoms with Crippen molar-refractivity contribution >= 4 is 0 Å². The Hall–Kier alpha value is -1.00. The molecule has 3 aliphatic rings. The van der Waals surface area contributed by atoms with Crippen molar-refractivity contribution < 1.29 is 4.74 Å². The number of fused-ring (bicyclic) bond motifs is 3. The van der Waals surface area contributed by atoms with Gasteiger partial charge >= 0.3 is 0 Å². The van der Waals surface area contributed by atoms with E-state index in [9.17, 15) is 0 Å². The second kappa shape index (κ2) is 4.53. The topological polar surface area (TPSA) is 61.0 Å². The van der Waals surface area contributed by atoms with E-state index in [1.54, 1.807) is 0 Å². The summed E-state index contributed by atoms with van der Waals surface area (Å²) in [6, 6.07) is 0.128. The number of ether oxygens (including phenoxy) is 1. The van der Waals surface area contributed by atoms with Gasteiger partial charge in [-0.2, -0.15) is 0 Å². The highest BCUT2D eigenvalue weighted by molar-refractivity contribution is 5.24. The summed E-state index contributed by atoms with van der Waals surface area (Å²) in [5.41, 5.74) is 8.57. The molecule has 4 rings (SSSR count). The minimum atomic E-state index is 0.128. The van der Waals surface area contributed by atoms with Gasteiger partial charge in [0.05, 0.1) is 12.2 Å². The third kappa shape index (κ3) is 1.98. The summed E-state index contributed by atoms with van der Waals surface area (Å²) in [7, 11) is 0. The third-order valence-electron chi connectivity index (χ3n) is 4.93. The van der Waals surface area contributed by atoms with Gasteiger partial charge in [-0.15, -0.1) is 0 Å². The summed E-state index contributed by atoms with van der Waals surface area (Å²) >= 11 is 0. The molecule has 0 amide bonds. The Morgan fingerprint density at radius 3 is 2.95 bits per heavy atom. The first-order chi connectivity index (χ1) is 9.31. The monoisotopic (exact) mass is 259 g/mol. The van der Waals surface area contributed by atoms with Gasteiger partial charge in [0.1, 0.15) is 5.82 Å². The molecule has 3 heterocycles. The fraction of sp³-hybridized carbons (Fsp3) is 0.733. The molecule has 0 spiro atoms. The number of rotatable bonds is 1. The van der Waals surface area contributed by atoms with Crippen molar-refractivity contribution in [2.45, 2.75) is 69.1 Å². The van der Waals surface area contributed by atoms with Crippen LogP contribution in [0.15, 0.2) is 6.20 Å². The Kier molecular flexibility index (Phi) is 2.81. The number of nitrogens with zero attached hydrogens (tertiary/aromatic N) is 2. The van der Waals surface area contributed by atoms with Gasteiger partial charge in [-0.05, 0) is 38.5 Å². The standard InChI is InChI=1S/C15H21N3O/c16-12-3-1-2-4-13-11(12)8-17-15(18-13)10-7-9-5-6-14(10)19-9/h8-10,12,14H,1-7,16H2. The van der Waals surface area contributed by atoms with Crippen molar-refractivity contribution in [3.05, 3.63) is 23.3 Å². The van der Waals surface area contributed by atoms with Crippen LogP contribution in [0.1, 0.15) is 67.6 Å². The minimum absolute atomic E-state index is 0.128. The van der Waals surface area contributed by atoms with Gasteiger partial charge in [-0.3, -0.25) is 0 Å². The average molecular weight is 259 g/mol. The van der Waals surface area contributed by atoms with E-state index in [2.05, 4.69) is 4.98 Å². The second-order valence-electron chi connectivity index (χ2n) is 6.20. The van der Waals surface area contributed by atoms with Gasteiger partial charge in [-0.25, -0.2) is 9.97 Å². The molecular weight excluding hydrogens is 238 g/mol. The maximum absolute atomic E-state index is 6.21. The molecule has 0 radical (unpaired) electrons. The van der Waals surface area contributed by atoms with Crippen LogP contribution in [0.3, 0.4) is 0 Å². The summed E-state index contributed by atoms with van der Waals surface area (Å²) < 4.78 is 5.92. The number of hydrogen-bond acceptors (Lipinski definition) is 4. The van der Waals surface area contributed by atoms with Crippen molar-refractivity contribution in [2.75, 3.05) is 0 Å². The van der Waals surface area contributed by atoms with Crippen molar-refractivity contribution in [3.8, 4) is 0 Å². The van der Waals surface area contributed by atoms with Crippen molar-refractivity contribution in [1.82, 2.24) is 9.97 Å². The lowest BCUT2D eigenvalue weighted by Gasteiger charge is -2.19. The molecule has 4 heteroatoms. The van der Waals surface area contributed by atoms with E-state index in [-0.39, 0.29) is 6.04 Å². The Bertz CT molecular complexity index is 490. The fourth-order valence-corrected chi connectivity index (χ4v) is 3.85. The lowest BCUT2D eigenvalue weighted by Crippen LogP contribution is -2.19. The Labute approximate surface area is 113 Å². The molecule has 1 aliphatic carbocycles. The molecule has 2 bridgehead atoms. The molecule has 2 fully saturated rings. The highest BCUT2D eigenvalue weighted by atomic mass is 16.5. The average Bonchev–Trinajstić information content (AvgIpc) is 3.01. The predicted octanol–water partition coefficient (Wildman–Crippen LogP) is 2.24. The van der Waals surface area contributed by atoms with Crippen LogP contribution in [0.25, 0.3) is 0 Å². The molecule has 1 aromatic heterocycles. The molecular formula is C15H21N3O. The predicted molar refractivity (Wildman–Crippen MR) is 71.8 cm³/mol. The first kappa shape index (κ1) is 11.8. The first-order valence-electron chi connectivity index (χ1n) is 7.58. The third-order valence-corrected chi connectivity index (χ3v) is 4.93. The molecule has 0 aromatic carbocycles. The number of aryl methyl sites for hydroxylation is 1. The molecule has 0 saturated carbocycles. The molecule has 2 saturated heterocycles. The van der Waals surface area contributed by atoms with Crippen molar-refractivity contribution in [2.24, 2.45) is 5.73 Å². The zero-order valence-corrected chi connectivity index (χ0v) is 11.2. The van der Waals surface area contributed by atoms with E-state index < -0.39 is 0 Å². The molecule has 2 aliphatic heterocycles. The highest BCUT2D eigenvalue weighted by Crippen LogP contribution is 2.43. The van der Waals surface area contributed by atoms with Crippen LogP contribution in [0.5, 0.6) is 0 Å². The van der Waals surface area contributed by atoms with Gasteiger partial charge in [-0.1, -0.05) is 6.42 Å². The quantitative estimate of drug-likeness (QED) is 0.786. The number of hydrogen-bond donors (Lipinski definition) is 1. The smallest absolute Gasteiger partial charge is 0.134 e. The largest absolute Gasteiger partial charge is 0.374 e. The zero-order valence-electron chi connectivity index (χ0n) is 11.2. The van der Waals surface area contributed by atoms with Crippen LogP contribution in [0, 0.1) is 0 Å². The molecule has 102 valence electrons. The van der Waals surface area contributed by atoms with Crippen molar-refractivity contribution in [1.29, 1.82) is 0 Å². The maximum Gasteiger partial charge on any atom is 0.134 e. The zero-order chi connectivity index (χ0) is 12.8. The Morgan fingerprint density at radius 2 is 2.16 bits per heavy atom. The second-order valence-corrected chi connectivity index (χ2v) is 6.20. The lowest BCUT2D eigenvalue weighted by atomic mass is 9.88. The van der Waals surface area contributed by atoms with Crippen LogP contribution in [0.4, 0.5) is 0 Å². The fourth-order valence-electron chi connectivity index (χ4n) is 3.85. The number of nitrogens with two attached hydrogens (primary N) is 1. The minimum Gasteiger partial charge on any atom is -0.374 e. The molecule has 4 nitrogen and oxygen atoms in total. The Morgan fingerprint density at radius 1 is 1.21 bits per heavy atom. The lowest BCUT2D eigenvalue weighted by molar-refractivity contribution is 0.0998. The first-order valence-corrected chi connectivity index (χ1v) is 7.58. The van der Waals surface area contributed by atoms with E-state index >= 15 is 0 Å². The van der Waals surface area contributed by atoms with Gasteiger partial charge in [0.15, 0.2) is 0 Å². The maximum atomic E-state index is 6.21. The van der Waals surface area contributed by atoms with E-state index in [0.29, 0.717) is 18.1 Å². The molecule has 4 unspecified atom stereocenters. The summed E-state index contributed by atoms with van der Waals surface area (Å²) in [6.45, 7) is 0. The Balaban J connectivity index is 1.66. The number of aromatic nitrogens is 2. The van der Waals surface area contributed by atoms with Crippen LogP contribution in [-0.2, 0) is 11.2 Å². The van der Waals surface area contributed by atoms with E-state index in [1.165, 1.54) is 36.9 Å². The highest BCUT2D eigenvalue weighted by Gasteiger charge is 2.43. The van der Waals surface area contributed by atoms with E-state index in [0.717, 1.165) is 25.1 Å². The SMILES string of the molecule is NC1CCCCc2nc(C3CC4CCC3O4)ncc21. The van der Waals surface area contributed by atoms with Crippen LogP contribution < -0.4 is 5.73 Å². The molecule has 1 aromatic rings. The molecule has 4 atom stereocenters. The normalized spacial score (nSPS) is 37.1. The van der Waals surface area contributed by atoms with Gasteiger partial charge in [0.2, 0.25) is 0 Å². The summed E-state index contributed by atoms with van der Waals surface area (Å²) in [4.78, 5) is 9.47. The van der Waals surface area contributed by atoms with E-state index in [1.807, 2.05) is 6.20 Å². The van der Waals surface area contributed by atoms with Gasteiger partial charge < -0.3 is 10.5 Å². The summed E-state index contributed by atoms with van der Waals surface area (Å²) in [6.07, 6.45) is 10.8. The van der Waals surface area contributed by atoms with Crippen LogP contribution in [0.2, 0.25) is 0 Å². The van der Waals surface area contributed by atoms with E-state index in [4.69, 9.17) is 15.5 Å². The molecule has 19 heavy (non-hydrogen) atoms. The summed E-state index contributed by atoms with van der Waals surface area (Å²) in [5, 5.41) is 0. The van der Waals surface area contributed by atoms with Crippen molar-refractivity contribution in [3.63, 3.8) is 0 Å². The summed E-state index contributed by atoms with van der Waals surface area (Å²) in [5.74, 6) is 1.42. The molecule has 2 N–H and O–H groups in total. The van der Waals surface area contributed by atoms with Crippen LogP contribution >= 0.6 is 0 Å². The van der Waals surface area contributed by atoms with Gasteiger partial charge in [0, 0.05) is 29.4 Å². The van der Waals surface area contributed by atoms with Crippen LogP contribution in [-0.4, -0.2) is 22.2 Å². The van der Waals surface area contributed by atoms with Gasteiger partial charge in [0.25, 0.3) is 0 Å².